The van der Waals surface area contributed by atoms with Crippen LogP contribution in [0.15, 0.2) is 59.5 Å². The first-order valence-electron chi connectivity index (χ1n) is 17.6. The van der Waals surface area contributed by atoms with Crippen LogP contribution >= 0.6 is 7.60 Å². The summed E-state index contributed by atoms with van der Waals surface area (Å²) >= 11 is 0. The van der Waals surface area contributed by atoms with Crippen molar-refractivity contribution < 1.29 is 54.8 Å². The van der Waals surface area contributed by atoms with E-state index >= 15 is 8.78 Å². The quantitative estimate of drug-likeness (QED) is 0.0310. The molecule has 0 unspecified atom stereocenters. The lowest BCUT2D eigenvalue weighted by Gasteiger charge is -2.38. The van der Waals surface area contributed by atoms with Crippen LogP contribution in [-0.2, 0) is 44.5 Å². The summed E-state index contributed by atoms with van der Waals surface area (Å²) in [4.78, 5) is 37.2. The van der Waals surface area contributed by atoms with E-state index in [0.717, 1.165) is 43.5 Å². The number of halogens is 2. The fourth-order valence-electron chi connectivity index (χ4n) is 5.43. The number of nitro benzene ring substituents is 1. The first kappa shape index (κ1) is 44.7. The second-order valence-electron chi connectivity index (χ2n) is 12.1. The summed E-state index contributed by atoms with van der Waals surface area (Å²) in [6, 6.07) is 9.94. The van der Waals surface area contributed by atoms with Gasteiger partial charge in [0.05, 0.1) is 29.1 Å². The molecule has 13 nitrogen and oxygen atoms in total. The molecule has 292 valence electrons. The number of non-ortho nitro benzene ring substituents is 1. The maximum Gasteiger partial charge on any atom is 0.508 e. The third-order valence-corrected chi connectivity index (χ3v) is 12.1. The SMILES string of the molecule is CCCCCCC[C@@H](OC(=O)OCc1ccccc1)[C@H](CC(F)(F)P(=O)(OCC)OCC)N(C(=O)CCCCC)S(=O)(=O)c1ccc([N+](=O)[O-])cc1. The maximum absolute atomic E-state index is 16.4. The summed E-state index contributed by atoms with van der Waals surface area (Å²) in [5, 5.41) is 11.3. The lowest BCUT2D eigenvalue weighted by atomic mass is 9.99. The zero-order chi connectivity index (χ0) is 38.8. The normalized spacial score (nSPS) is 13.3. The molecule has 0 saturated heterocycles. The van der Waals surface area contributed by atoms with Crippen molar-refractivity contribution in [3.63, 3.8) is 0 Å². The summed E-state index contributed by atoms with van der Waals surface area (Å²) in [6.45, 7) is 5.35. The van der Waals surface area contributed by atoms with Gasteiger partial charge in [-0.25, -0.2) is 17.5 Å². The molecule has 2 atom stereocenters. The molecule has 0 N–H and O–H groups in total. The average molecular weight is 777 g/mol. The minimum absolute atomic E-state index is 0.174. The lowest BCUT2D eigenvalue weighted by molar-refractivity contribution is -0.384. The summed E-state index contributed by atoms with van der Waals surface area (Å²) < 4.78 is 96.4. The first-order valence-corrected chi connectivity index (χ1v) is 20.6. The number of carbonyl (C=O) groups excluding carboxylic acids is 2. The fourth-order valence-corrected chi connectivity index (χ4v) is 8.61. The Morgan fingerprint density at radius 1 is 0.885 bits per heavy atom. The smallest absolute Gasteiger partial charge is 0.429 e. The van der Waals surface area contributed by atoms with Crippen LogP contribution in [0.4, 0.5) is 19.3 Å². The molecule has 1 amide bonds. The highest BCUT2D eigenvalue weighted by molar-refractivity contribution is 7.89. The highest BCUT2D eigenvalue weighted by Gasteiger charge is 2.57. The molecule has 0 radical (unpaired) electrons. The second kappa shape index (κ2) is 21.9. The Morgan fingerprint density at radius 3 is 2.02 bits per heavy atom. The Bertz CT molecular complexity index is 1550. The van der Waals surface area contributed by atoms with Crippen LogP contribution < -0.4 is 0 Å². The number of unbranched alkanes of at least 4 members (excludes halogenated alkanes) is 6. The number of nitro groups is 1. The highest BCUT2D eigenvalue weighted by atomic mass is 32.2. The number of hydrogen-bond acceptors (Lipinski definition) is 11. The van der Waals surface area contributed by atoms with Crippen LogP contribution in [0.1, 0.15) is 104 Å². The molecular weight excluding hydrogens is 725 g/mol. The summed E-state index contributed by atoms with van der Waals surface area (Å²) in [5.41, 5.74) is -4.26. The number of nitrogens with zero attached hydrogens (tertiary/aromatic N) is 2. The molecule has 0 heterocycles. The van der Waals surface area contributed by atoms with Gasteiger partial charge < -0.3 is 18.5 Å². The molecule has 0 aromatic heterocycles. The van der Waals surface area contributed by atoms with Gasteiger partial charge in [0, 0.05) is 25.0 Å². The van der Waals surface area contributed by atoms with Gasteiger partial charge in [-0.05, 0) is 50.8 Å². The standard InChI is InChI=1S/C35H51F2N2O11PS/c1-5-9-11-12-17-20-32(50-34(41)47-27-28-18-15-13-16-19-28)31(26-35(36,37)51(44,48-7-3)49-8-4)38(33(40)21-14-10-6-2)52(45,46)30-24-22-29(23-25-30)39(42)43/h13,15-16,18-19,22-25,31-32H,5-12,14,17,20-21,26-27H2,1-4H3/t31-,32+/m0/s1. The van der Waals surface area contributed by atoms with Crippen molar-refractivity contribution in [3.8, 4) is 0 Å². The van der Waals surface area contributed by atoms with Gasteiger partial charge in [0.15, 0.2) is 0 Å². The van der Waals surface area contributed by atoms with Gasteiger partial charge in [-0.3, -0.25) is 19.5 Å². The molecule has 2 rings (SSSR count). The van der Waals surface area contributed by atoms with Crippen LogP contribution in [0.3, 0.4) is 0 Å². The van der Waals surface area contributed by atoms with Crippen LogP contribution in [0, 0.1) is 10.1 Å². The monoisotopic (exact) mass is 776 g/mol. The van der Waals surface area contributed by atoms with Crippen LogP contribution in [-0.4, -0.2) is 60.7 Å². The molecule has 2 aromatic rings. The van der Waals surface area contributed by atoms with Crippen molar-refractivity contribution in [3.05, 3.63) is 70.3 Å². The number of amides is 1. The van der Waals surface area contributed by atoms with E-state index in [1.54, 1.807) is 30.3 Å². The lowest BCUT2D eigenvalue weighted by Crippen LogP contribution is -2.53. The number of benzene rings is 2. The number of alkyl halides is 2. The zero-order valence-electron chi connectivity index (χ0n) is 30.2. The van der Waals surface area contributed by atoms with Crippen molar-refractivity contribution in [1.29, 1.82) is 0 Å². The van der Waals surface area contributed by atoms with Crippen LogP contribution in [0.5, 0.6) is 0 Å². The molecule has 0 aliphatic rings. The minimum Gasteiger partial charge on any atom is -0.429 e. The first-order chi connectivity index (χ1) is 24.7. The number of ether oxygens (including phenoxy) is 2. The number of rotatable bonds is 25. The van der Waals surface area contributed by atoms with Gasteiger partial charge in [-0.1, -0.05) is 82.7 Å². The third-order valence-electron chi connectivity index (χ3n) is 8.07. The molecule has 0 aliphatic carbocycles. The van der Waals surface area contributed by atoms with Gasteiger partial charge in [0.25, 0.3) is 15.7 Å². The van der Waals surface area contributed by atoms with Crippen molar-refractivity contribution in [2.75, 3.05) is 13.2 Å². The van der Waals surface area contributed by atoms with E-state index in [-0.39, 0.29) is 30.2 Å². The van der Waals surface area contributed by atoms with Crippen molar-refractivity contribution >= 4 is 35.4 Å². The topological polar surface area (TPSA) is 169 Å². The van der Waals surface area contributed by atoms with Crippen molar-refractivity contribution in [2.24, 2.45) is 0 Å². The average Bonchev–Trinajstić information content (AvgIpc) is 3.10. The maximum atomic E-state index is 16.4. The largest absolute Gasteiger partial charge is 0.508 e. The molecule has 0 fully saturated rings. The Balaban J connectivity index is 2.80. The van der Waals surface area contributed by atoms with Crippen molar-refractivity contribution in [2.45, 2.75) is 128 Å². The number of hydrogen-bond donors (Lipinski definition) is 0. The van der Waals surface area contributed by atoms with E-state index in [4.69, 9.17) is 18.5 Å². The summed E-state index contributed by atoms with van der Waals surface area (Å²) in [6.07, 6.45) is -0.517. The zero-order valence-corrected chi connectivity index (χ0v) is 32.0. The number of sulfonamides is 1. The molecule has 0 spiro atoms. The Hall–Kier alpha value is -3.46. The minimum atomic E-state index is -5.29. The second-order valence-corrected chi connectivity index (χ2v) is 16.0. The number of carbonyl (C=O) groups is 2. The highest BCUT2D eigenvalue weighted by Crippen LogP contribution is 2.64. The molecular formula is C35H51F2N2O11PS. The van der Waals surface area contributed by atoms with E-state index < -0.39 is 89.1 Å². The van der Waals surface area contributed by atoms with E-state index in [1.165, 1.54) is 13.8 Å². The van der Waals surface area contributed by atoms with E-state index in [1.807, 2.05) is 13.8 Å². The molecule has 2 aromatic carbocycles. The third kappa shape index (κ3) is 13.2. The van der Waals surface area contributed by atoms with Crippen LogP contribution in [0.25, 0.3) is 0 Å². The Morgan fingerprint density at radius 2 is 1.46 bits per heavy atom. The van der Waals surface area contributed by atoms with Gasteiger partial charge in [0.2, 0.25) is 5.91 Å². The Labute approximate surface area is 305 Å². The van der Waals surface area contributed by atoms with Crippen LogP contribution in [0.2, 0.25) is 0 Å². The molecule has 0 saturated carbocycles. The Kier molecular flexibility index (Phi) is 18.8. The predicted octanol–water partition coefficient (Wildman–Crippen LogP) is 9.39. The van der Waals surface area contributed by atoms with Gasteiger partial charge in [-0.2, -0.15) is 8.78 Å². The van der Waals surface area contributed by atoms with E-state index in [9.17, 15) is 32.7 Å². The molecule has 52 heavy (non-hydrogen) atoms. The molecule has 0 aliphatic heterocycles. The summed E-state index contributed by atoms with van der Waals surface area (Å²) in [5.74, 6) is -1.09. The van der Waals surface area contributed by atoms with Gasteiger partial charge >= 0.3 is 19.4 Å². The van der Waals surface area contributed by atoms with E-state index in [0.29, 0.717) is 24.8 Å². The van der Waals surface area contributed by atoms with Gasteiger partial charge in [0.1, 0.15) is 12.7 Å². The molecule has 17 heteroatoms. The fraction of sp³-hybridized carbons (Fsp3) is 0.600. The summed E-state index contributed by atoms with van der Waals surface area (Å²) in [7, 11) is -10.4. The van der Waals surface area contributed by atoms with Crippen molar-refractivity contribution in [1.82, 2.24) is 4.31 Å². The predicted molar refractivity (Wildman–Crippen MR) is 190 cm³/mol. The molecule has 0 bridgehead atoms. The van der Waals surface area contributed by atoms with E-state index in [2.05, 4.69) is 0 Å². The van der Waals surface area contributed by atoms with Gasteiger partial charge in [-0.15, -0.1) is 0 Å².